The van der Waals surface area contributed by atoms with Gasteiger partial charge < -0.3 is 10.6 Å². The summed E-state index contributed by atoms with van der Waals surface area (Å²) in [6, 6.07) is 6.06. The smallest absolute Gasteiger partial charge is 0.223 e. The molecular weight excluding hydrogens is 236 g/mol. The Balaban J connectivity index is 1.88. The molecule has 1 unspecified atom stereocenters. The molecule has 1 saturated heterocycles. The third-order valence-electron chi connectivity index (χ3n) is 2.94. The summed E-state index contributed by atoms with van der Waals surface area (Å²) in [5, 5.41) is 8.31. The first-order valence-electron chi connectivity index (χ1n) is 5.71. The molecule has 3 rings (SSSR count). The molecule has 2 aromatic rings. The van der Waals surface area contributed by atoms with Crippen molar-refractivity contribution in [3.05, 3.63) is 29.4 Å². The minimum absolute atomic E-state index is 0.430. The van der Waals surface area contributed by atoms with Gasteiger partial charge in [-0.05, 0) is 31.2 Å². The van der Waals surface area contributed by atoms with E-state index in [2.05, 4.69) is 20.6 Å². The largest absolute Gasteiger partial charge is 0.350 e. The van der Waals surface area contributed by atoms with E-state index in [4.69, 9.17) is 11.6 Å². The molecule has 1 aromatic carbocycles. The first-order chi connectivity index (χ1) is 8.31. The average molecular weight is 249 g/mol. The lowest BCUT2D eigenvalue weighted by molar-refractivity contribution is 0.782. The van der Waals surface area contributed by atoms with Crippen molar-refractivity contribution >= 4 is 28.5 Å². The molecule has 1 aromatic heterocycles. The number of hydrogen-bond acceptors (Lipinski definition) is 4. The molecule has 2 N–H and O–H groups in total. The fourth-order valence-electron chi connectivity index (χ4n) is 2.03. The molecule has 5 heteroatoms. The first-order valence-corrected chi connectivity index (χ1v) is 6.08. The van der Waals surface area contributed by atoms with Gasteiger partial charge in [0.2, 0.25) is 5.95 Å². The van der Waals surface area contributed by atoms with Crippen LogP contribution in [0.1, 0.15) is 6.42 Å². The normalized spacial score (nSPS) is 19.7. The van der Waals surface area contributed by atoms with E-state index in [-0.39, 0.29) is 0 Å². The summed E-state index contributed by atoms with van der Waals surface area (Å²) in [6.45, 7) is 2.03. The maximum Gasteiger partial charge on any atom is 0.223 e. The van der Waals surface area contributed by atoms with Crippen LogP contribution in [0.25, 0.3) is 10.9 Å². The van der Waals surface area contributed by atoms with Crippen LogP contribution in [0.2, 0.25) is 5.02 Å². The quantitative estimate of drug-likeness (QED) is 0.854. The SMILES string of the molecule is Clc1ccc2nc(NC3CCNC3)ncc2c1. The van der Waals surface area contributed by atoms with Gasteiger partial charge in [-0.3, -0.25) is 0 Å². The molecule has 1 aliphatic rings. The van der Waals surface area contributed by atoms with Crippen LogP contribution < -0.4 is 10.6 Å². The van der Waals surface area contributed by atoms with E-state index in [9.17, 15) is 0 Å². The number of anilines is 1. The van der Waals surface area contributed by atoms with E-state index in [1.165, 1.54) is 0 Å². The molecule has 0 radical (unpaired) electrons. The zero-order chi connectivity index (χ0) is 11.7. The Hall–Kier alpha value is -1.39. The third-order valence-corrected chi connectivity index (χ3v) is 3.17. The Morgan fingerprint density at radius 3 is 3.18 bits per heavy atom. The standard InChI is InChI=1S/C12H13ClN4/c13-9-1-2-11-8(5-9)6-15-12(17-11)16-10-3-4-14-7-10/h1-2,5-6,10,14H,3-4,7H2,(H,15,16,17). The maximum atomic E-state index is 5.92. The Morgan fingerprint density at radius 2 is 2.35 bits per heavy atom. The highest BCUT2D eigenvalue weighted by Gasteiger charge is 2.14. The van der Waals surface area contributed by atoms with Crippen molar-refractivity contribution in [1.29, 1.82) is 0 Å². The van der Waals surface area contributed by atoms with E-state index < -0.39 is 0 Å². The van der Waals surface area contributed by atoms with Crippen molar-refractivity contribution in [2.24, 2.45) is 0 Å². The highest BCUT2D eigenvalue weighted by molar-refractivity contribution is 6.31. The number of aromatic nitrogens is 2. The lowest BCUT2D eigenvalue weighted by Crippen LogP contribution is -2.23. The van der Waals surface area contributed by atoms with Crippen molar-refractivity contribution in [3.8, 4) is 0 Å². The minimum Gasteiger partial charge on any atom is -0.350 e. The van der Waals surface area contributed by atoms with Crippen LogP contribution in [-0.4, -0.2) is 29.1 Å². The minimum atomic E-state index is 0.430. The number of hydrogen-bond donors (Lipinski definition) is 2. The molecule has 17 heavy (non-hydrogen) atoms. The molecule has 0 bridgehead atoms. The van der Waals surface area contributed by atoms with Crippen LogP contribution in [0.5, 0.6) is 0 Å². The predicted molar refractivity (Wildman–Crippen MR) is 69.4 cm³/mol. The van der Waals surface area contributed by atoms with Gasteiger partial charge in [-0.25, -0.2) is 9.97 Å². The lowest BCUT2D eigenvalue weighted by Gasteiger charge is -2.11. The van der Waals surface area contributed by atoms with Crippen LogP contribution >= 0.6 is 11.6 Å². The molecule has 0 saturated carbocycles. The second kappa shape index (κ2) is 4.47. The molecule has 88 valence electrons. The van der Waals surface area contributed by atoms with Gasteiger partial charge in [-0.15, -0.1) is 0 Å². The zero-order valence-electron chi connectivity index (χ0n) is 9.28. The second-order valence-corrected chi connectivity index (χ2v) is 4.67. The van der Waals surface area contributed by atoms with E-state index in [1.54, 1.807) is 6.20 Å². The summed E-state index contributed by atoms with van der Waals surface area (Å²) in [4.78, 5) is 8.77. The predicted octanol–water partition coefficient (Wildman–Crippen LogP) is 2.06. The highest BCUT2D eigenvalue weighted by atomic mass is 35.5. The third kappa shape index (κ3) is 2.33. The lowest BCUT2D eigenvalue weighted by atomic mass is 10.2. The van der Waals surface area contributed by atoms with Crippen LogP contribution in [0, 0.1) is 0 Å². The number of rotatable bonds is 2. The summed E-state index contributed by atoms with van der Waals surface area (Å²) >= 11 is 5.92. The molecule has 1 fully saturated rings. The van der Waals surface area contributed by atoms with Crippen molar-refractivity contribution in [3.63, 3.8) is 0 Å². The fraction of sp³-hybridized carbons (Fsp3) is 0.333. The van der Waals surface area contributed by atoms with Gasteiger partial charge >= 0.3 is 0 Å². The Morgan fingerprint density at radius 1 is 1.41 bits per heavy atom. The van der Waals surface area contributed by atoms with Crippen molar-refractivity contribution in [2.75, 3.05) is 18.4 Å². The van der Waals surface area contributed by atoms with Gasteiger partial charge in [0.25, 0.3) is 0 Å². The number of nitrogens with zero attached hydrogens (tertiary/aromatic N) is 2. The van der Waals surface area contributed by atoms with Gasteiger partial charge in [0.15, 0.2) is 0 Å². The molecule has 0 amide bonds. The Kier molecular flexibility index (Phi) is 2.82. The monoisotopic (exact) mass is 248 g/mol. The number of fused-ring (bicyclic) bond motifs is 1. The van der Waals surface area contributed by atoms with Crippen molar-refractivity contribution in [1.82, 2.24) is 15.3 Å². The van der Waals surface area contributed by atoms with Crippen LogP contribution in [0.15, 0.2) is 24.4 Å². The van der Waals surface area contributed by atoms with Crippen LogP contribution in [0.3, 0.4) is 0 Å². The van der Waals surface area contributed by atoms with Crippen LogP contribution in [-0.2, 0) is 0 Å². The fourth-order valence-corrected chi connectivity index (χ4v) is 2.21. The number of benzene rings is 1. The van der Waals surface area contributed by atoms with Gasteiger partial charge in [0.1, 0.15) is 0 Å². The van der Waals surface area contributed by atoms with Gasteiger partial charge in [-0.1, -0.05) is 11.6 Å². The summed E-state index contributed by atoms with van der Waals surface area (Å²) in [6.07, 6.45) is 2.92. The highest BCUT2D eigenvalue weighted by Crippen LogP contribution is 2.18. The molecule has 0 spiro atoms. The van der Waals surface area contributed by atoms with E-state index >= 15 is 0 Å². The summed E-state index contributed by atoms with van der Waals surface area (Å²) in [7, 11) is 0. The summed E-state index contributed by atoms with van der Waals surface area (Å²) < 4.78 is 0. The molecule has 1 atom stereocenters. The van der Waals surface area contributed by atoms with Gasteiger partial charge in [0.05, 0.1) is 5.52 Å². The number of nitrogens with one attached hydrogen (secondary N) is 2. The molecule has 0 aliphatic carbocycles. The van der Waals surface area contributed by atoms with E-state index in [1.807, 2.05) is 18.2 Å². The van der Waals surface area contributed by atoms with Crippen LogP contribution in [0.4, 0.5) is 5.95 Å². The van der Waals surface area contributed by atoms with E-state index in [0.717, 1.165) is 30.4 Å². The molecule has 2 heterocycles. The molecular formula is C12H13ClN4. The summed E-state index contributed by atoms with van der Waals surface area (Å²) in [5.41, 5.74) is 0.915. The van der Waals surface area contributed by atoms with Gasteiger partial charge in [-0.2, -0.15) is 0 Å². The average Bonchev–Trinajstić information content (AvgIpc) is 2.82. The van der Waals surface area contributed by atoms with Crippen molar-refractivity contribution in [2.45, 2.75) is 12.5 Å². The van der Waals surface area contributed by atoms with Gasteiger partial charge in [0, 0.05) is 29.2 Å². The first kappa shape index (κ1) is 10.7. The Labute approximate surface area is 104 Å². The number of halogens is 1. The topological polar surface area (TPSA) is 49.8 Å². The summed E-state index contributed by atoms with van der Waals surface area (Å²) in [5.74, 6) is 0.688. The maximum absolute atomic E-state index is 5.92. The zero-order valence-corrected chi connectivity index (χ0v) is 10.0. The molecule has 1 aliphatic heterocycles. The molecule has 4 nitrogen and oxygen atoms in total. The second-order valence-electron chi connectivity index (χ2n) is 4.23. The van der Waals surface area contributed by atoms with E-state index in [0.29, 0.717) is 17.0 Å². The van der Waals surface area contributed by atoms with Crippen molar-refractivity contribution < 1.29 is 0 Å². The Bertz CT molecular complexity index is 537.